The van der Waals surface area contributed by atoms with Crippen LogP contribution in [0.3, 0.4) is 0 Å². The van der Waals surface area contributed by atoms with E-state index < -0.39 is 41.5 Å². The van der Waals surface area contributed by atoms with Gasteiger partial charge < -0.3 is 0 Å². The molecule has 2 aromatic rings. The first-order valence-corrected chi connectivity index (χ1v) is 10.9. The van der Waals surface area contributed by atoms with Crippen molar-refractivity contribution < 1.29 is 31.1 Å². The van der Waals surface area contributed by atoms with Crippen molar-refractivity contribution in [3.8, 4) is 0 Å². The normalized spacial score (nSPS) is 14.1. The van der Waals surface area contributed by atoms with E-state index in [-0.39, 0.29) is 22.7 Å². The Hall–Kier alpha value is -3.17. The fourth-order valence-electron chi connectivity index (χ4n) is 2.32. The molecule has 1 heterocycles. The molecule has 3 N–H and O–H groups in total. The first-order chi connectivity index (χ1) is 13.3. The van der Waals surface area contributed by atoms with Crippen LogP contribution in [0.25, 0.3) is 0 Å². The number of primary sulfonamides is 1. The predicted octanol–water partition coefficient (Wildman–Crippen LogP) is 1.37. The molecule has 0 aromatic heterocycles. The summed E-state index contributed by atoms with van der Waals surface area (Å²) >= 11 is 0. The third-order valence-corrected chi connectivity index (χ3v) is 5.44. The van der Waals surface area contributed by atoms with E-state index in [0.29, 0.717) is 11.3 Å². The Morgan fingerprint density at radius 1 is 1.07 bits per heavy atom. The van der Waals surface area contributed by atoms with Crippen LogP contribution in [0, 0.1) is 26.0 Å². The number of sulfonamides is 2. The van der Waals surface area contributed by atoms with Gasteiger partial charge in [-0.1, -0.05) is 0 Å². The zero-order valence-electron chi connectivity index (χ0n) is 14.3. The van der Waals surface area contributed by atoms with Gasteiger partial charge in [-0.25, -0.2) is 26.4 Å². The van der Waals surface area contributed by atoms with E-state index in [1.54, 1.807) is 0 Å². The van der Waals surface area contributed by atoms with Crippen molar-refractivity contribution in [3.05, 3.63) is 73.6 Å². The highest BCUT2D eigenvalue weighted by Crippen LogP contribution is 2.30. The van der Waals surface area contributed by atoms with Crippen molar-refractivity contribution in [1.29, 1.82) is 0 Å². The van der Waals surface area contributed by atoms with Gasteiger partial charge >= 0.3 is 0 Å². The van der Waals surface area contributed by atoms with Crippen LogP contribution in [0.15, 0.2) is 36.4 Å². The lowest BCUT2D eigenvalue weighted by atomic mass is 10.2. The zero-order valence-corrected chi connectivity index (χ0v) is 15.9. The number of nitrogens with two attached hydrogens (primary N) is 1. The Bertz CT molecular complexity index is 1200. The largest absolute Gasteiger partial charge is 0.283 e. The molecular formula is C14H13FN4O8S2. The summed E-state index contributed by atoms with van der Waals surface area (Å²) < 4.78 is 58.8. The summed E-state index contributed by atoms with van der Waals surface area (Å²) in [5, 5.41) is 25.4. The van der Waals surface area contributed by atoms with Crippen molar-refractivity contribution in [1.82, 2.24) is 0 Å². The van der Waals surface area contributed by atoms with Crippen LogP contribution in [0.1, 0.15) is 11.1 Å². The number of nitro groups is 2. The lowest BCUT2D eigenvalue weighted by Gasteiger charge is -2.00. The van der Waals surface area contributed by atoms with Gasteiger partial charge in [-0.3, -0.25) is 25.0 Å². The maximum atomic E-state index is 13.0. The molecule has 0 saturated heterocycles. The zero-order chi connectivity index (χ0) is 22.0. The number of fused-ring (bicyclic) bond motifs is 1. The second-order valence-electron chi connectivity index (χ2n) is 5.80. The summed E-state index contributed by atoms with van der Waals surface area (Å²) in [4.78, 5) is 19.4. The summed E-state index contributed by atoms with van der Waals surface area (Å²) in [5.74, 6) is -1.79. The second kappa shape index (κ2) is 8.06. The average molecular weight is 448 g/mol. The average Bonchev–Trinajstić information content (AvgIpc) is 2.88. The van der Waals surface area contributed by atoms with Gasteiger partial charge in [-0.05, 0) is 17.7 Å². The van der Waals surface area contributed by atoms with E-state index in [4.69, 9.17) is 5.14 Å². The van der Waals surface area contributed by atoms with E-state index in [1.165, 1.54) is 18.2 Å². The quantitative estimate of drug-likeness (QED) is 0.517. The number of nitrogens with zero attached hydrogens (tertiary/aromatic N) is 2. The summed E-state index contributed by atoms with van der Waals surface area (Å²) in [6.45, 7) is 0. The van der Waals surface area contributed by atoms with E-state index >= 15 is 0 Å². The van der Waals surface area contributed by atoms with Gasteiger partial charge in [-0.15, -0.1) is 0 Å². The summed E-state index contributed by atoms with van der Waals surface area (Å²) in [5.41, 5.74) is 0.0826. The van der Waals surface area contributed by atoms with Gasteiger partial charge in [0.05, 0.1) is 27.0 Å². The Morgan fingerprint density at radius 3 is 2.17 bits per heavy atom. The topological polar surface area (TPSA) is 193 Å². The third kappa shape index (κ3) is 6.16. The summed E-state index contributed by atoms with van der Waals surface area (Å²) in [7, 11) is -7.23. The lowest BCUT2D eigenvalue weighted by Crippen LogP contribution is -2.15. The fraction of sp³-hybridized carbons (Fsp3) is 0.143. The molecule has 156 valence electrons. The highest BCUT2D eigenvalue weighted by molar-refractivity contribution is 7.92. The Kier molecular flexibility index (Phi) is 6.15. The van der Waals surface area contributed by atoms with Gasteiger partial charge in [0.25, 0.3) is 11.4 Å². The molecule has 1 aliphatic heterocycles. The predicted molar refractivity (Wildman–Crippen MR) is 99.2 cm³/mol. The number of hydrogen-bond donors (Lipinski definition) is 2. The molecule has 0 saturated carbocycles. The number of nitrogens with one attached hydrogen (secondary N) is 1. The van der Waals surface area contributed by atoms with Crippen molar-refractivity contribution in [2.45, 2.75) is 11.5 Å². The van der Waals surface area contributed by atoms with Crippen LogP contribution in [0.5, 0.6) is 0 Å². The van der Waals surface area contributed by atoms with Gasteiger partial charge in [0.2, 0.25) is 20.0 Å². The smallest absolute Gasteiger partial charge is 0.269 e. The molecule has 0 amide bonds. The van der Waals surface area contributed by atoms with E-state index in [9.17, 15) is 41.5 Å². The molecule has 0 spiro atoms. The maximum absolute atomic E-state index is 13.0. The third-order valence-electron chi connectivity index (χ3n) is 3.51. The number of anilines is 1. The SMILES string of the molecule is NS(=O)(=O)Cc1cc([N+](=O)[O-])ccc1F.O=[N+]([O-])c1ccc2c(c1)CS(=O)(=O)N2. The van der Waals surface area contributed by atoms with E-state index in [1.807, 2.05) is 0 Å². The molecule has 0 bridgehead atoms. The standard InChI is InChI=1S/C7H7FN2O4S.C7H6N2O4S/c8-7-2-1-6(10(11)12)3-5(7)4-15(9,13)14;10-9(11)6-1-2-7-5(3-6)4-14(12,13)8-7/h1-3H,4H2,(H2,9,13,14);1-3,8H,4H2. The first kappa shape index (κ1) is 22.1. The van der Waals surface area contributed by atoms with Crippen LogP contribution in [-0.4, -0.2) is 26.7 Å². The molecule has 0 unspecified atom stereocenters. The number of rotatable bonds is 4. The maximum Gasteiger partial charge on any atom is 0.269 e. The first-order valence-electron chi connectivity index (χ1n) is 7.48. The fourth-order valence-corrected chi connectivity index (χ4v) is 4.23. The molecule has 15 heteroatoms. The van der Waals surface area contributed by atoms with Crippen molar-refractivity contribution in [2.24, 2.45) is 5.14 Å². The molecule has 1 aliphatic rings. The number of hydrogen-bond acceptors (Lipinski definition) is 8. The second-order valence-corrected chi connectivity index (χ2v) is 9.14. The minimum absolute atomic E-state index is 0.0948. The van der Waals surface area contributed by atoms with Crippen molar-refractivity contribution in [2.75, 3.05) is 4.72 Å². The minimum Gasteiger partial charge on any atom is -0.283 e. The van der Waals surface area contributed by atoms with Gasteiger partial charge in [0.1, 0.15) is 5.82 Å². The number of non-ortho nitro benzene ring substituents is 2. The number of nitro benzene ring substituents is 2. The Labute approximate surface area is 163 Å². The highest BCUT2D eigenvalue weighted by atomic mass is 32.2. The van der Waals surface area contributed by atoms with E-state index in [0.717, 1.165) is 18.2 Å². The summed E-state index contributed by atoms with van der Waals surface area (Å²) in [6.07, 6.45) is 0. The van der Waals surface area contributed by atoms with Crippen molar-refractivity contribution >= 4 is 37.1 Å². The molecule has 0 aliphatic carbocycles. The van der Waals surface area contributed by atoms with Crippen molar-refractivity contribution in [3.63, 3.8) is 0 Å². The van der Waals surface area contributed by atoms with Crippen LogP contribution < -0.4 is 9.86 Å². The van der Waals surface area contributed by atoms with Crippen LogP contribution in [-0.2, 0) is 31.6 Å². The Morgan fingerprint density at radius 2 is 1.62 bits per heavy atom. The monoisotopic (exact) mass is 448 g/mol. The number of benzene rings is 2. The molecule has 0 atom stereocenters. The molecule has 3 rings (SSSR count). The van der Waals surface area contributed by atoms with Gasteiger partial charge in [0, 0.05) is 29.8 Å². The molecule has 29 heavy (non-hydrogen) atoms. The minimum atomic E-state index is -3.90. The lowest BCUT2D eigenvalue weighted by molar-refractivity contribution is -0.385. The molecule has 0 fully saturated rings. The van der Waals surface area contributed by atoms with Crippen LogP contribution >= 0.6 is 0 Å². The molecule has 2 aromatic carbocycles. The molecule has 12 nitrogen and oxygen atoms in total. The summed E-state index contributed by atoms with van der Waals surface area (Å²) in [6, 6.07) is 6.57. The van der Waals surface area contributed by atoms with E-state index in [2.05, 4.69) is 4.72 Å². The number of halogens is 1. The van der Waals surface area contributed by atoms with Crippen LogP contribution in [0.2, 0.25) is 0 Å². The Balaban J connectivity index is 0.000000207. The van der Waals surface area contributed by atoms with Crippen LogP contribution in [0.4, 0.5) is 21.5 Å². The van der Waals surface area contributed by atoms with Gasteiger partial charge in [-0.2, -0.15) is 0 Å². The highest BCUT2D eigenvalue weighted by Gasteiger charge is 2.25. The molecule has 0 radical (unpaired) electrons. The van der Waals surface area contributed by atoms with Gasteiger partial charge in [0.15, 0.2) is 0 Å². The molecular weight excluding hydrogens is 435 g/mol.